The Labute approximate surface area is 98.4 Å². The Balaban J connectivity index is 2.18. The van der Waals surface area contributed by atoms with Crippen molar-refractivity contribution < 1.29 is 0 Å². The number of hydrogen-bond acceptors (Lipinski definition) is 3. The van der Waals surface area contributed by atoms with Crippen LogP contribution in [0.25, 0.3) is 0 Å². The second-order valence-electron chi connectivity index (χ2n) is 4.57. The Hall–Kier alpha value is -0.870. The normalized spacial score (nSPS) is 13.3. The van der Waals surface area contributed by atoms with Gasteiger partial charge in [-0.1, -0.05) is 6.92 Å². The molecule has 1 aromatic heterocycles. The SMILES string of the molecule is CCC(N)CCCN(C)Cc1cnn(C)c1. The molecule has 0 aliphatic rings. The molecule has 0 aromatic carbocycles. The number of nitrogens with zero attached hydrogens (tertiary/aromatic N) is 3. The summed E-state index contributed by atoms with van der Waals surface area (Å²) in [6, 6.07) is 0.367. The van der Waals surface area contributed by atoms with Gasteiger partial charge in [-0.3, -0.25) is 4.68 Å². The van der Waals surface area contributed by atoms with Gasteiger partial charge in [0.25, 0.3) is 0 Å². The van der Waals surface area contributed by atoms with Crippen molar-refractivity contribution in [3.05, 3.63) is 18.0 Å². The molecule has 1 aromatic rings. The van der Waals surface area contributed by atoms with E-state index in [-0.39, 0.29) is 0 Å². The van der Waals surface area contributed by atoms with Crippen molar-refractivity contribution in [2.24, 2.45) is 12.8 Å². The second kappa shape index (κ2) is 6.66. The first-order chi connectivity index (χ1) is 7.61. The maximum Gasteiger partial charge on any atom is 0.0534 e. The maximum absolute atomic E-state index is 5.88. The lowest BCUT2D eigenvalue weighted by Crippen LogP contribution is -2.23. The van der Waals surface area contributed by atoms with Crippen molar-refractivity contribution in [1.29, 1.82) is 0 Å². The number of nitrogens with two attached hydrogens (primary N) is 1. The predicted molar refractivity (Wildman–Crippen MR) is 67.0 cm³/mol. The maximum atomic E-state index is 5.88. The van der Waals surface area contributed by atoms with E-state index in [9.17, 15) is 0 Å². The van der Waals surface area contributed by atoms with Crippen molar-refractivity contribution in [2.75, 3.05) is 13.6 Å². The predicted octanol–water partition coefficient (Wildman–Crippen LogP) is 1.37. The topological polar surface area (TPSA) is 47.1 Å². The Bertz CT molecular complexity index is 295. The molecule has 0 aliphatic heterocycles. The van der Waals surface area contributed by atoms with E-state index in [1.165, 1.54) is 12.0 Å². The van der Waals surface area contributed by atoms with Crippen LogP contribution in [-0.2, 0) is 13.6 Å². The summed E-state index contributed by atoms with van der Waals surface area (Å²) in [6.07, 6.45) is 7.36. The van der Waals surface area contributed by atoms with Crippen molar-refractivity contribution in [3.63, 3.8) is 0 Å². The van der Waals surface area contributed by atoms with Gasteiger partial charge in [0, 0.05) is 31.4 Å². The van der Waals surface area contributed by atoms with Gasteiger partial charge >= 0.3 is 0 Å². The lowest BCUT2D eigenvalue weighted by molar-refractivity contribution is 0.313. The molecule has 16 heavy (non-hydrogen) atoms. The molecule has 92 valence electrons. The van der Waals surface area contributed by atoms with Crippen LogP contribution >= 0.6 is 0 Å². The third-order valence-electron chi connectivity index (χ3n) is 2.85. The molecule has 1 rings (SSSR count). The monoisotopic (exact) mass is 224 g/mol. The molecule has 1 heterocycles. The summed E-state index contributed by atoms with van der Waals surface area (Å²) in [7, 11) is 4.09. The first-order valence-electron chi connectivity index (χ1n) is 6.03. The highest BCUT2D eigenvalue weighted by molar-refractivity contribution is 5.02. The zero-order chi connectivity index (χ0) is 12.0. The van der Waals surface area contributed by atoms with Crippen LogP contribution in [0.2, 0.25) is 0 Å². The van der Waals surface area contributed by atoms with E-state index in [2.05, 4.69) is 30.2 Å². The average Bonchev–Trinajstić information content (AvgIpc) is 2.63. The van der Waals surface area contributed by atoms with Gasteiger partial charge in [0.1, 0.15) is 0 Å². The molecule has 1 unspecified atom stereocenters. The van der Waals surface area contributed by atoms with Crippen LogP contribution in [0.5, 0.6) is 0 Å². The standard InChI is InChI=1S/C12H24N4/c1-4-12(13)6-5-7-15(2)9-11-8-14-16(3)10-11/h8,10,12H,4-7,9,13H2,1-3H3. The highest BCUT2D eigenvalue weighted by Gasteiger charge is 2.04. The molecule has 1 atom stereocenters. The molecule has 4 nitrogen and oxygen atoms in total. The minimum atomic E-state index is 0.367. The van der Waals surface area contributed by atoms with Gasteiger partial charge in [0.15, 0.2) is 0 Å². The van der Waals surface area contributed by atoms with E-state index in [1.54, 1.807) is 0 Å². The summed E-state index contributed by atoms with van der Waals surface area (Å²) >= 11 is 0. The molecule has 0 aliphatic carbocycles. The van der Waals surface area contributed by atoms with Gasteiger partial charge in [-0.15, -0.1) is 0 Å². The van der Waals surface area contributed by atoms with Crippen LogP contribution in [0, 0.1) is 0 Å². The van der Waals surface area contributed by atoms with Crippen LogP contribution in [0.3, 0.4) is 0 Å². The fraction of sp³-hybridized carbons (Fsp3) is 0.750. The van der Waals surface area contributed by atoms with Crippen molar-refractivity contribution in [3.8, 4) is 0 Å². The molecule has 0 spiro atoms. The third-order valence-corrected chi connectivity index (χ3v) is 2.85. The van der Waals surface area contributed by atoms with Gasteiger partial charge in [0.05, 0.1) is 6.20 Å². The fourth-order valence-corrected chi connectivity index (χ4v) is 1.77. The summed E-state index contributed by atoms with van der Waals surface area (Å²) < 4.78 is 1.84. The lowest BCUT2D eigenvalue weighted by Gasteiger charge is -2.16. The van der Waals surface area contributed by atoms with Gasteiger partial charge in [-0.05, 0) is 32.9 Å². The summed E-state index contributed by atoms with van der Waals surface area (Å²) in [5.41, 5.74) is 7.15. The molecule has 0 fully saturated rings. The highest BCUT2D eigenvalue weighted by atomic mass is 15.2. The molecule has 0 saturated heterocycles. The first-order valence-corrected chi connectivity index (χ1v) is 6.03. The highest BCUT2D eigenvalue weighted by Crippen LogP contribution is 2.04. The Kier molecular flexibility index (Phi) is 5.49. The van der Waals surface area contributed by atoms with Crippen molar-refractivity contribution >= 4 is 0 Å². The molecule has 0 bridgehead atoms. The molecule has 4 heteroatoms. The molecule has 0 saturated carbocycles. The van der Waals surface area contributed by atoms with E-state index < -0.39 is 0 Å². The summed E-state index contributed by atoms with van der Waals surface area (Å²) in [5.74, 6) is 0. The Morgan fingerprint density at radius 2 is 2.31 bits per heavy atom. The number of aryl methyl sites for hydroxylation is 1. The largest absolute Gasteiger partial charge is 0.328 e. The Morgan fingerprint density at radius 3 is 2.88 bits per heavy atom. The summed E-state index contributed by atoms with van der Waals surface area (Å²) in [5, 5.41) is 4.16. The van der Waals surface area contributed by atoms with Crippen molar-refractivity contribution in [1.82, 2.24) is 14.7 Å². The minimum absolute atomic E-state index is 0.367. The van der Waals surface area contributed by atoms with Crippen LogP contribution < -0.4 is 5.73 Å². The zero-order valence-corrected chi connectivity index (χ0v) is 10.7. The molecular weight excluding hydrogens is 200 g/mol. The van der Waals surface area contributed by atoms with E-state index in [0.717, 1.165) is 25.9 Å². The minimum Gasteiger partial charge on any atom is -0.328 e. The molecule has 2 N–H and O–H groups in total. The number of aromatic nitrogens is 2. The van der Waals surface area contributed by atoms with E-state index >= 15 is 0 Å². The molecule has 0 amide bonds. The average molecular weight is 224 g/mol. The van der Waals surface area contributed by atoms with Gasteiger partial charge in [-0.2, -0.15) is 5.10 Å². The van der Waals surface area contributed by atoms with Crippen LogP contribution in [0.15, 0.2) is 12.4 Å². The zero-order valence-electron chi connectivity index (χ0n) is 10.7. The van der Waals surface area contributed by atoms with Crippen LogP contribution in [0.4, 0.5) is 0 Å². The summed E-state index contributed by atoms with van der Waals surface area (Å²) in [6.45, 7) is 4.21. The van der Waals surface area contributed by atoms with Crippen LogP contribution in [0.1, 0.15) is 31.7 Å². The lowest BCUT2D eigenvalue weighted by atomic mass is 10.1. The van der Waals surface area contributed by atoms with Gasteiger partial charge in [-0.25, -0.2) is 0 Å². The van der Waals surface area contributed by atoms with Crippen LogP contribution in [-0.4, -0.2) is 34.3 Å². The van der Waals surface area contributed by atoms with E-state index in [1.807, 2.05) is 17.9 Å². The first kappa shape index (κ1) is 13.2. The van der Waals surface area contributed by atoms with Crippen molar-refractivity contribution in [2.45, 2.75) is 38.8 Å². The number of hydrogen-bond donors (Lipinski definition) is 1. The third kappa shape index (κ3) is 4.77. The quantitative estimate of drug-likeness (QED) is 0.761. The van der Waals surface area contributed by atoms with Gasteiger partial charge < -0.3 is 10.6 Å². The Morgan fingerprint density at radius 1 is 1.56 bits per heavy atom. The van der Waals surface area contributed by atoms with E-state index in [0.29, 0.717) is 6.04 Å². The number of rotatable bonds is 7. The van der Waals surface area contributed by atoms with E-state index in [4.69, 9.17) is 5.73 Å². The summed E-state index contributed by atoms with van der Waals surface area (Å²) in [4.78, 5) is 2.32. The molecule has 0 radical (unpaired) electrons. The molecular formula is C12H24N4. The second-order valence-corrected chi connectivity index (χ2v) is 4.57. The smallest absolute Gasteiger partial charge is 0.0534 e. The van der Waals surface area contributed by atoms with Gasteiger partial charge in [0.2, 0.25) is 0 Å². The fourth-order valence-electron chi connectivity index (χ4n) is 1.77.